The number of hydrogen-bond acceptors (Lipinski definition) is 6. The highest BCUT2D eigenvalue weighted by atomic mass is 32.1. The molecule has 0 unspecified atom stereocenters. The molecular weight excluding hydrogens is 340 g/mol. The van der Waals surface area contributed by atoms with Crippen LogP contribution in [0.5, 0.6) is 0 Å². The Labute approximate surface area is 146 Å². The van der Waals surface area contributed by atoms with Crippen molar-refractivity contribution in [1.29, 1.82) is 0 Å². The van der Waals surface area contributed by atoms with Gasteiger partial charge in [0.2, 0.25) is 0 Å². The summed E-state index contributed by atoms with van der Waals surface area (Å²) in [5.41, 5.74) is 1.14. The van der Waals surface area contributed by atoms with Crippen LogP contribution in [0.2, 0.25) is 0 Å². The molecular formula is C17H14N4O3S. The maximum atomic E-state index is 12.3. The first kappa shape index (κ1) is 15.5. The predicted octanol–water partition coefficient (Wildman–Crippen LogP) is 2.09. The molecule has 3 aromatic heterocycles. The first-order valence-electron chi connectivity index (χ1n) is 7.61. The van der Waals surface area contributed by atoms with Crippen molar-refractivity contribution < 1.29 is 9.53 Å². The van der Waals surface area contributed by atoms with Gasteiger partial charge < -0.3 is 4.74 Å². The van der Waals surface area contributed by atoms with Crippen LogP contribution in [0.1, 0.15) is 5.56 Å². The Kier molecular flexibility index (Phi) is 3.81. The van der Waals surface area contributed by atoms with Gasteiger partial charge in [0.05, 0.1) is 6.20 Å². The number of nitrogens with zero attached hydrogens (tertiary/aromatic N) is 4. The average molecular weight is 354 g/mol. The molecule has 25 heavy (non-hydrogen) atoms. The molecule has 3 heterocycles. The van der Waals surface area contributed by atoms with Gasteiger partial charge >= 0.3 is 5.97 Å². The fourth-order valence-corrected chi connectivity index (χ4v) is 3.61. The van der Waals surface area contributed by atoms with Crippen LogP contribution in [-0.4, -0.2) is 25.3 Å². The minimum atomic E-state index is -0.484. The number of aromatic nitrogens is 4. The SMILES string of the molecule is Cn1ncc2c(=O)n(CC(=O)OCc3csc4ccccc34)cnc21. The summed E-state index contributed by atoms with van der Waals surface area (Å²) in [5, 5.41) is 7.44. The van der Waals surface area contributed by atoms with E-state index in [4.69, 9.17) is 4.74 Å². The highest BCUT2D eigenvalue weighted by Gasteiger charge is 2.12. The molecule has 126 valence electrons. The number of rotatable bonds is 4. The van der Waals surface area contributed by atoms with Crippen molar-refractivity contribution in [3.05, 3.63) is 58.1 Å². The number of carbonyl (C=O) groups is 1. The summed E-state index contributed by atoms with van der Waals surface area (Å²) >= 11 is 1.61. The zero-order valence-corrected chi connectivity index (χ0v) is 14.2. The van der Waals surface area contributed by atoms with Gasteiger partial charge in [-0.1, -0.05) is 18.2 Å². The standard InChI is InChI=1S/C17H14N4O3S/c1-20-16-13(6-19-20)17(23)21(10-18-16)7-15(22)24-8-11-9-25-14-5-3-2-4-12(11)14/h2-6,9-10H,7-8H2,1H3. The van der Waals surface area contributed by atoms with Crippen LogP contribution < -0.4 is 5.56 Å². The van der Waals surface area contributed by atoms with Gasteiger partial charge in [-0.05, 0) is 16.8 Å². The molecule has 4 aromatic rings. The highest BCUT2D eigenvalue weighted by molar-refractivity contribution is 7.17. The Morgan fingerprint density at radius 3 is 3.00 bits per heavy atom. The van der Waals surface area contributed by atoms with Gasteiger partial charge in [0.15, 0.2) is 5.65 Å². The van der Waals surface area contributed by atoms with Crippen LogP contribution in [-0.2, 0) is 29.7 Å². The molecule has 8 heteroatoms. The van der Waals surface area contributed by atoms with Gasteiger partial charge in [-0.3, -0.25) is 18.8 Å². The Hall–Kier alpha value is -3.00. The lowest BCUT2D eigenvalue weighted by atomic mass is 10.2. The second-order valence-corrected chi connectivity index (χ2v) is 6.51. The molecule has 0 saturated carbocycles. The first-order chi connectivity index (χ1) is 12.1. The number of aryl methyl sites for hydroxylation is 1. The summed E-state index contributed by atoms with van der Waals surface area (Å²) in [4.78, 5) is 28.6. The van der Waals surface area contributed by atoms with Gasteiger partial charge in [-0.25, -0.2) is 4.98 Å². The number of thiophene rings is 1. The second-order valence-electron chi connectivity index (χ2n) is 5.60. The normalized spacial score (nSPS) is 11.2. The Morgan fingerprint density at radius 1 is 1.28 bits per heavy atom. The molecule has 0 aliphatic heterocycles. The van der Waals surface area contributed by atoms with Crippen molar-refractivity contribution in [3.63, 3.8) is 0 Å². The van der Waals surface area contributed by atoms with Gasteiger partial charge in [-0.15, -0.1) is 11.3 Å². The lowest BCUT2D eigenvalue weighted by Gasteiger charge is -2.06. The third-order valence-electron chi connectivity index (χ3n) is 3.97. The van der Waals surface area contributed by atoms with Crippen molar-refractivity contribution >= 4 is 38.4 Å². The highest BCUT2D eigenvalue weighted by Crippen LogP contribution is 2.26. The molecule has 1 aromatic carbocycles. The fraction of sp³-hybridized carbons (Fsp3) is 0.176. The van der Waals surface area contributed by atoms with Crippen LogP contribution in [0.3, 0.4) is 0 Å². The molecule has 4 rings (SSSR count). The third-order valence-corrected chi connectivity index (χ3v) is 4.98. The van der Waals surface area contributed by atoms with E-state index in [9.17, 15) is 9.59 Å². The van der Waals surface area contributed by atoms with Crippen LogP contribution >= 0.6 is 11.3 Å². The second kappa shape index (κ2) is 6.14. The molecule has 0 atom stereocenters. The lowest BCUT2D eigenvalue weighted by Crippen LogP contribution is -2.25. The fourth-order valence-electron chi connectivity index (χ4n) is 2.67. The number of fused-ring (bicyclic) bond motifs is 2. The van der Waals surface area contributed by atoms with Gasteiger partial charge in [0.1, 0.15) is 24.9 Å². The van der Waals surface area contributed by atoms with E-state index in [1.807, 2.05) is 29.6 Å². The van der Waals surface area contributed by atoms with E-state index in [0.29, 0.717) is 11.0 Å². The molecule has 0 fully saturated rings. The van der Waals surface area contributed by atoms with Crippen LogP contribution in [0.25, 0.3) is 21.1 Å². The van der Waals surface area contributed by atoms with Gasteiger partial charge in [0.25, 0.3) is 5.56 Å². The molecule has 0 N–H and O–H groups in total. The summed E-state index contributed by atoms with van der Waals surface area (Å²) in [6.45, 7) is -0.00109. The monoisotopic (exact) mass is 354 g/mol. The summed E-state index contributed by atoms with van der Waals surface area (Å²) in [6, 6.07) is 7.96. The van der Waals surface area contributed by atoms with E-state index >= 15 is 0 Å². The molecule has 0 aliphatic carbocycles. The summed E-state index contributed by atoms with van der Waals surface area (Å²) in [6.07, 6.45) is 2.79. The van der Waals surface area contributed by atoms with E-state index < -0.39 is 5.97 Å². The largest absolute Gasteiger partial charge is 0.459 e. The minimum absolute atomic E-state index is 0.181. The zero-order valence-electron chi connectivity index (χ0n) is 13.4. The van der Waals surface area contributed by atoms with Crippen LogP contribution in [0.15, 0.2) is 47.0 Å². The number of ether oxygens (including phenoxy) is 1. The van der Waals surface area contributed by atoms with E-state index in [1.165, 1.54) is 21.8 Å². The summed E-state index contributed by atoms with van der Waals surface area (Å²) in [7, 11) is 1.71. The molecule has 0 bridgehead atoms. The Morgan fingerprint density at radius 2 is 2.12 bits per heavy atom. The molecule has 0 aliphatic rings. The lowest BCUT2D eigenvalue weighted by molar-refractivity contribution is -0.145. The number of carbonyl (C=O) groups excluding carboxylic acids is 1. The van der Waals surface area contributed by atoms with E-state index in [2.05, 4.69) is 10.1 Å². The van der Waals surface area contributed by atoms with Crippen molar-refractivity contribution in [2.45, 2.75) is 13.2 Å². The topological polar surface area (TPSA) is 79.0 Å². The van der Waals surface area contributed by atoms with Gasteiger partial charge in [0, 0.05) is 17.3 Å². The molecule has 7 nitrogen and oxygen atoms in total. The smallest absolute Gasteiger partial charge is 0.326 e. The Balaban J connectivity index is 1.49. The number of esters is 1. The number of benzene rings is 1. The predicted molar refractivity (Wildman–Crippen MR) is 94.4 cm³/mol. The molecule has 0 amide bonds. The maximum Gasteiger partial charge on any atom is 0.326 e. The van der Waals surface area contributed by atoms with Crippen molar-refractivity contribution in [3.8, 4) is 0 Å². The molecule has 0 spiro atoms. The summed E-state index contributed by atoms with van der Waals surface area (Å²) < 4.78 is 9.23. The zero-order chi connectivity index (χ0) is 17.4. The van der Waals surface area contributed by atoms with Crippen molar-refractivity contribution in [2.75, 3.05) is 0 Å². The third kappa shape index (κ3) is 2.80. The van der Waals surface area contributed by atoms with Crippen LogP contribution in [0, 0.1) is 0 Å². The van der Waals surface area contributed by atoms with Crippen molar-refractivity contribution in [1.82, 2.24) is 19.3 Å². The van der Waals surface area contributed by atoms with E-state index in [0.717, 1.165) is 15.6 Å². The number of hydrogen-bond donors (Lipinski definition) is 0. The maximum absolute atomic E-state index is 12.3. The van der Waals surface area contributed by atoms with Gasteiger partial charge in [-0.2, -0.15) is 5.10 Å². The van der Waals surface area contributed by atoms with Crippen LogP contribution in [0.4, 0.5) is 0 Å². The quantitative estimate of drug-likeness (QED) is 0.524. The Bertz CT molecular complexity index is 1140. The van der Waals surface area contributed by atoms with E-state index in [-0.39, 0.29) is 18.7 Å². The van der Waals surface area contributed by atoms with E-state index in [1.54, 1.807) is 18.4 Å². The molecule has 0 saturated heterocycles. The first-order valence-corrected chi connectivity index (χ1v) is 8.49. The molecule has 0 radical (unpaired) electrons. The average Bonchev–Trinajstić information content (AvgIpc) is 3.20. The minimum Gasteiger partial charge on any atom is -0.459 e. The van der Waals surface area contributed by atoms with Crippen molar-refractivity contribution in [2.24, 2.45) is 7.05 Å². The summed E-state index contributed by atoms with van der Waals surface area (Å²) in [5.74, 6) is -0.484.